The summed E-state index contributed by atoms with van der Waals surface area (Å²) in [6.07, 6.45) is 10.3. The van der Waals surface area contributed by atoms with Crippen LogP contribution >= 0.6 is 0 Å². The van der Waals surface area contributed by atoms with Crippen molar-refractivity contribution in [3.8, 4) is 11.1 Å². The molecule has 0 fully saturated rings. The Labute approximate surface area is 334 Å². The zero-order chi connectivity index (χ0) is 39.7. The number of fused-ring (bicyclic) bond motifs is 12. The van der Waals surface area contributed by atoms with Crippen molar-refractivity contribution in [2.75, 3.05) is 0 Å². The van der Waals surface area contributed by atoms with Crippen LogP contribution in [0.4, 0.5) is 0 Å². The van der Waals surface area contributed by atoms with Crippen LogP contribution in [0.3, 0.4) is 0 Å². The molecular weight excluding hydrogens is 661 g/mol. The van der Waals surface area contributed by atoms with Crippen molar-refractivity contribution in [3.63, 3.8) is 0 Å². The van der Waals surface area contributed by atoms with Gasteiger partial charge in [-0.05, 0) is 159 Å². The molecule has 4 aromatic carbocycles. The quantitative estimate of drug-likeness (QED) is 0.169. The molecule has 55 heavy (non-hydrogen) atoms. The van der Waals surface area contributed by atoms with Gasteiger partial charge in [-0.3, -0.25) is 0 Å². The smallest absolute Gasteiger partial charge is 0.0474 e. The van der Waals surface area contributed by atoms with Crippen molar-refractivity contribution >= 4 is 21.9 Å². The van der Waals surface area contributed by atoms with Crippen molar-refractivity contribution in [2.24, 2.45) is 23.7 Å². The van der Waals surface area contributed by atoms with Crippen molar-refractivity contribution < 1.29 is 0 Å². The minimum absolute atomic E-state index is 0.0667. The molecule has 8 rings (SSSR count). The van der Waals surface area contributed by atoms with Crippen LogP contribution in [0.1, 0.15) is 170 Å². The second kappa shape index (κ2) is 12.9. The molecule has 0 N–H and O–H groups in total. The molecule has 0 aromatic heterocycles. The minimum atomic E-state index is -0.258. The third kappa shape index (κ3) is 5.01. The Morgan fingerprint density at radius 2 is 1.24 bits per heavy atom. The fourth-order valence-electron chi connectivity index (χ4n) is 13.0. The second-order valence-electron chi connectivity index (χ2n) is 19.9. The number of hydrogen-bond donors (Lipinski definition) is 0. The fraction of sp³-hybridized carbons (Fsp3) is 0.491. The molecule has 4 aromatic rings. The summed E-state index contributed by atoms with van der Waals surface area (Å²) < 4.78 is 0. The summed E-state index contributed by atoms with van der Waals surface area (Å²) in [4.78, 5) is 0. The van der Waals surface area contributed by atoms with Crippen LogP contribution in [-0.2, 0) is 16.2 Å². The summed E-state index contributed by atoms with van der Waals surface area (Å²) >= 11 is 0. The van der Waals surface area contributed by atoms with Gasteiger partial charge in [0.15, 0.2) is 0 Å². The summed E-state index contributed by atoms with van der Waals surface area (Å²) in [5.74, 6) is 2.45. The second-order valence-corrected chi connectivity index (χ2v) is 19.9. The van der Waals surface area contributed by atoms with E-state index in [4.69, 9.17) is 0 Å². The molecule has 1 spiro atoms. The molecule has 4 aliphatic rings. The summed E-state index contributed by atoms with van der Waals surface area (Å²) in [5, 5.41) is 2.94. The Kier molecular flexibility index (Phi) is 9.00. The highest BCUT2D eigenvalue weighted by molar-refractivity contribution is 6.13. The lowest BCUT2D eigenvalue weighted by molar-refractivity contribution is 0.298. The lowest BCUT2D eigenvalue weighted by Gasteiger charge is -2.47. The molecule has 0 heterocycles. The molecule has 4 aliphatic carbocycles. The molecule has 2 unspecified atom stereocenters. The molecule has 288 valence electrons. The van der Waals surface area contributed by atoms with E-state index in [0.29, 0.717) is 29.6 Å². The molecule has 0 saturated carbocycles. The Bertz CT molecular complexity index is 2350. The lowest BCUT2D eigenvalue weighted by atomic mass is 9.55. The van der Waals surface area contributed by atoms with E-state index in [1.807, 2.05) is 0 Å². The predicted molar refractivity (Wildman–Crippen MR) is 240 cm³/mol. The average molecular weight is 729 g/mol. The van der Waals surface area contributed by atoms with E-state index < -0.39 is 0 Å². The maximum atomic E-state index is 2.86. The van der Waals surface area contributed by atoms with Crippen molar-refractivity contribution in [3.05, 3.63) is 127 Å². The molecule has 0 saturated heterocycles. The average Bonchev–Trinajstić information content (AvgIpc) is 3.64. The van der Waals surface area contributed by atoms with Gasteiger partial charge in [-0.25, -0.2) is 0 Å². The fourth-order valence-corrected chi connectivity index (χ4v) is 13.0. The van der Waals surface area contributed by atoms with Crippen LogP contribution < -0.4 is 0 Å². The molecule has 0 aliphatic heterocycles. The number of hydrogen-bond acceptors (Lipinski definition) is 0. The Hall–Kier alpha value is -3.64. The van der Waals surface area contributed by atoms with Crippen molar-refractivity contribution in [2.45, 2.75) is 152 Å². The van der Waals surface area contributed by atoms with Gasteiger partial charge in [0.1, 0.15) is 0 Å². The highest BCUT2D eigenvalue weighted by Crippen LogP contribution is 2.69. The van der Waals surface area contributed by atoms with Gasteiger partial charge in [0.25, 0.3) is 0 Å². The van der Waals surface area contributed by atoms with E-state index in [1.165, 1.54) is 81.0 Å². The summed E-state index contributed by atoms with van der Waals surface area (Å²) in [7, 11) is 0. The van der Waals surface area contributed by atoms with Crippen LogP contribution in [0.5, 0.6) is 0 Å². The largest absolute Gasteiger partial charge is 0.0654 e. The van der Waals surface area contributed by atoms with Gasteiger partial charge in [-0.2, -0.15) is 0 Å². The number of allylic oxidation sites excluding steroid dienone is 6. The van der Waals surface area contributed by atoms with Crippen LogP contribution in [0, 0.1) is 44.4 Å². The third-order valence-corrected chi connectivity index (χ3v) is 15.3. The van der Waals surface area contributed by atoms with E-state index in [-0.39, 0.29) is 16.2 Å². The third-order valence-electron chi connectivity index (χ3n) is 15.3. The maximum Gasteiger partial charge on any atom is 0.0474 e. The van der Waals surface area contributed by atoms with Gasteiger partial charge in [0.05, 0.1) is 0 Å². The van der Waals surface area contributed by atoms with E-state index in [9.17, 15) is 0 Å². The van der Waals surface area contributed by atoms with Gasteiger partial charge in [-0.15, -0.1) is 0 Å². The monoisotopic (exact) mass is 729 g/mol. The van der Waals surface area contributed by atoms with Crippen LogP contribution in [0.2, 0.25) is 0 Å². The SMILES string of the molecule is CCC(CC)C1=CC2(c3ccc4c(c3-c3cc(C)c5c(C)cc(C)cc5c32)C(C)(C)C2=C4C(C)(C)c3ccc(C(C)C)cc32)C(C(C)C)C(C(CC)CC)=C1. The first-order valence-electron chi connectivity index (χ1n) is 22.1. The van der Waals surface area contributed by atoms with E-state index in [0.717, 1.165) is 0 Å². The van der Waals surface area contributed by atoms with Gasteiger partial charge >= 0.3 is 0 Å². The van der Waals surface area contributed by atoms with E-state index in [1.54, 1.807) is 44.5 Å². The zero-order valence-electron chi connectivity index (χ0n) is 37.0. The molecule has 2 atom stereocenters. The molecule has 0 heteroatoms. The number of aryl methyl sites for hydroxylation is 3. The first kappa shape index (κ1) is 38.2. The summed E-state index contributed by atoms with van der Waals surface area (Å²) in [5.41, 5.74) is 23.8. The van der Waals surface area contributed by atoms with Crippen molar-refractivity contribution in [1.82, 2.24) is 0 Å². The Balaban J connectivity index is 1.55. The van der Waals surface area contributed by atoms with E-state index in [2.05, 4.69) is 165 Å². The molecule has 0 nitrogen and oxygen atoms in total. The zero-order valence-corrected chi connectivity index (χ0v) is 37.0. The molecule has 0 amide bonds. The lowest BCUT2D eigenvalue weighted by Crippen LogP contribution is -2.42. The predicted octanol–water partition coefficient (Wildman–Crippen LogP) is 15.7. The van der Waals surface area contributed by atoms with E-state index >= 15 is 0 Å². The van der Waals surface area contributed by atoms with Gasteiger partial charge in [0.2, 0.25) is 0 Å². The molecule has 0 bridgehead atoms. The van der Waals surface area contributed by atoms with Crippen LogP contribution in [-0.4, -0.2) is 0 Å². The number of benzene rings is 4. The topological polar surface area (TPSA) is 0 Å². The first-order chi connectivity index (χ1) is 26.0. The normalized spacial score (nSPS) is 21.5. The van der Waals surface area contributed by atoms with Gasteiger partial charge < -0.3 is 0 Å². The maximum absolute atomic E-state index is 2.86. The van der Waals surface area contributed by atoms with Gasteiger partial charge in [-0.1, -0.05) is 155 Å². The highest BCUT2D eigenvalue weighted by Gasteiger charge is 2.57. The Morgan fingerprint density at radius 1 is 0.618 bits per heavy atom. The summed E-state index contributed by atoms with van der Waals surface area (Å²) in [6.45, 7) is 36.6. The standard InChI is InChI=1S/C55H68/c1-16-35(17-2)38-28-40(36(18-3)19-4)48(31(7)8)55(29-38)45-23-21-39-50(47(45)43-26-34(11)46-33(10)24-32(9)25-42(46)49(43)55)54(14,15)52-41-27-37(30(5)6)20-22-44(41)53(12,13)51(39)52/h20-31,35-36,48H,16-19H2,1-15H3. The molecule has 0 radical (unpaired) electrons. The summed E-state index contributed by atoms with van der Waals surface area (Å²) in [6, 6.07) is 20.3. The number of rotatable bonds is 8. The van der Waals surface area contributed by atoms with Gasteiger partial charge in [0, 0.05) is 22.2 Å². The minimum Gasteiger partial charge on any atom is -0.0654 e. The van der Waals surface area contributed by atoms with Crippen molar-refractivity contribution in [1.29, 1.82) is 0 Å². The Morgan fingerprint density at radius 3 is 1.85 bits per heavy atom. The highest BCUT2D eigenvalue weighted by atomic mass is 14.6. The molecular formula is C55H68. The van der Waals surface area contributed by atoms with Crippen LogP contribution in [0.25, 0.3) is 33.0 Å². The van der Waals surface area contributed by atoms with Crippen LogP contribution in [0.15, 0.2) is 71.8 Å². The first-order valence-corrected chi connectivity index (χ1v) is 22.1.